The SMILES string of the molecule is CC(C)C(Sc1cccc(O)c1)C(=O)NN. The highest BCUT2D eigenvalue weighted by Gasteiger charge is 2.22. The molecule has 1 aromatic carbocycles. The van der Waals surface area contributed by atoms with Crippen LogP contribution in [-0.4, -0.2) is 16.3 Å². The van der Waals surface area contributed by atoms with E-state index in [9.17, 15) is 9.90 Å². The van der Waals surface area contributed by atoms with Crippen molar-refractivity contribution >= 4 is 17.7 Å². The first kappa shape index (κ1) is 12.9. The number of nitrogens with one attached hydrogen (secondary N) is 1. The molecular weight excluding hydrogens is 224 g/mol. The number of hydrogen-bond donors (Lipinski definition) is 3. The highest BCUT2D eigenvalue weighted by molar-refractivity contribution is 8.00. The van der Waals surface area contributed by atoms with Crippen LogP contribution in [0.25, 0.3) is 0 Å². The molecular formula is C11H16N2O2S. The van der Waals surface area contributed by atoms with Crippen molar-refractivity contribution in [1.82, 2.24) is 5.43 Å². The second kappa shape index (κ2) is 5.77. The molecule has 0 fully saturated rings. The molecule has 0 aliphatic carbocycles. The lowest BCUT2D eigenvalue weighted by atomic mass is 10.1. The fourth-order valence-corrected chi connectivity index (χ4v) is 2.36. The van der Waals surface area contributed by atoms with Crippen molar-refractivity contribution < 1.29 is 9.90 Å². The van der Waals surface area contributed by atoms with Gasteiger partial charge in [0.2, 0.25) is 5.91 Å². The third-order valence-electron chi connectivity index (χ3n) is 2.09. The molecule has 0 spiro atoms. The van der Waals surface area contributed by atoms with Crippen LogP contribution in [0.2, 0.25) is 0 Å². The van der Waals surface area contributed by atoms with E-state index in [2.05, 4.69) is 5.43 Å². The Kier molecular flexibility index (Phi) is 4.64. The number of hydrogen-bond acceptors (Lipinski definition) is 4. The number of nitrogens with two attached hydrogens (primary N) is 1. The molecule has 0 saturated carbocycles. The van der Waals surface area contributed by atoms with Gasteiger partial charge in [-0.1, -0.05) is 19.9 Å². The average Bonchev–Trinajstić information content (AvgIpc) is 2.24. The summed E-state index contributed by atoms with van der Waals surface area (Å²) in [6, 6.07) is 6.82. The molecule has 1 aromatic rings. The summed E-state index contributed by atoms with van der Waals surface area (Å²) in [6.45, 7) is 3.91. The average molecular weight is 240 g/mol. The molecule has 1 amide bonds. The molecule has 0 aromatic heterocycles. The molecule has 88 valence electrons. The maximum atomic E-state index is 11.5. The van der Waals surface area contributed by atoms with E-state index in [1.165, 1.54) is 11.8 Å². The summed E-state index contributed by atoms with van der Waals surface area (Å²) in [5.74, 6) is 5.28. The van der Waals surface area contributed by atoms with E-state index < -0.39 is 0 Å². The first-order valence-electron chi connectivity index (χ1n) is 5.00. The number of phenolic OH excluding ortho intramolecular Hbond substituents is 1. The molecule has 0 aliphatic heterocycles. The van der Waals surface area contributed by atoms with E-state index in [-0.39, 0.29) is 22.8 Å². The summed E-state index contributed by atoms with van der Waals surface area (Å²) in [5.41, 5.74) is 2.16. The minimum atomic E-state index is -0.258. The quantitative estimate of drug-likeness (QED) is 0.323. The first-order chi connectivity index (χ1) is 7.54. The molecule has 4 N–H and O–H groups in total. The zero-order chi connectivity index (χ0) is 12.1. The Labute approximate surface area is 99.2 Å². The van der Waals surface area contributed by atoms with Gasteiger partial charge < -0.3 is 5.11 Å². The highest BCUT2D eigenvalue weighted by Crippen LogP contribution is 2.30. The predicted molar refractivity (Wildman–Crippen MR) is 64.9 cm³/mol. The summed E-state index contributed by atoms with van der Waals surface area (Å²) in [5, 5.41) is 9.06. The summed E-state index contributed by atoms with van der Waals surface area (Å²) in [4.78, 5) is 12.4. The number of carbonyl (C=O) groups is 1. The van der Waals surface area contributed by atoms with E-state index in [0.29, 0.717) is 0 Å². The van der Waals surface area contributed by atoms with Crippen LogP contribution < -0.4 is 11.3 Å². The van der Waals surface area contributed by atoms with Gasteiger partial charge in [-0.15, -0.1) is 11.8 Å². The Morgan fingerprint density at radius 2 is 2.19 bits per heavy atom. The summed E-state index contributed by atoms with van der Waals surface area (Å²) in [7, 11) is 0. The molecule has 0 saturated heterocycles. The zero-order valence-corrected chi connectivity index (χ0v) is 10.1. The van der Waals surface area contributed by atoms with Gasteiger partial charge in [-0.3, -0.25) is 10.2 Å². The van der Waals surface area contributed by atoms with Crippen molar-refractivity contribution in [3.05, 3.63) is 24.3 Å². The third-order valence-corrected chi connectivity index (χ3v) is 3.63. The maximum absolute atomic E-state index is 11.5. The van der Waals surface area contributed by atoms with Crippen LogP contribution in [0.5, 0.6) is 5.75 Å². The van der Waals surface area contributed by atoms with Crippen LogP contribution >= 0.6 is 11.8 Å². The third kappa shape index (κ3) is 3.43. The fourth-order valence-electron chi connectivity index (χ4n) is 1.28. The van der Waals surface area contributed by atoms with E-state index in [1.807, 2.05) is 19.9 Å². The summed E-state index contributed by atoms with van der Waals surface area (Å²) in [6.07, 6.45) is 0. The van der Waals surface area contributed by atoms with Crippen LogP contribution in [0.3, 0.4) is 0 Å². The van der Waals surface area contributed by atoms with E-state index in [4.69, 9.17) is 5.84 Å². The van der Waals surface area contributed by atoms with Gasteiger partial charge in [-0.05, 0) is 24.1 Å². The van der Waals surface area contributed by atoms with E-state index in [0.717, 1.165) is 4.90 Å². The van der Waals surface area contributed by atoms with Crippen molar-refractivity contribution in [1.29, 1.82) is 0 Å². The Morgan fingerprint density at radius 1 is 1.50 bits per heavy atom. The second-order valence-electron chi connectivity index (χ2n) is 3.79. The molecule has 0 aliphatic rings. The number of rotatable bonds is 4. The molecule has 16 heavy (non-hydrogen) atoms. The Bertz CT molecular complexity index is 369. The monoisotopic (exact) mass is 240 g/mol. The Morgan fingerprint density at radius 3 is 2.69 bits per heavy atom. The van der Waals surface area contributed by atoms with Gasteiger partial charge in [0, 0.05) is 4.90 Å². The van der Waals surface area contributed by atoms with Crippen LogP contribution in [0.1, 0.15) is 13.8 Å². The standard InChI is InChI=1S/C11H16N2O2S/c1-7(2)10(11(15)13-12)16-9-5-3-4-8(14)6-9/h3-7,10,14H,12H2,1-2H3,(H,13,15). The Balaban J connectivity index is 2.79. The van der Waals surface area contributed by atoms with Crippen LogP contribution in [-0.2, 0) is 4.79 Å². The molecule has 4 nitrogen and oxygen atoms in total. The smallest absolute Gasteiger partial charge is 0.247 e. The number of benzene rings is 1. The summed E-state index contributed by atoms with van der Waals surface area (Å²) >= 11 is 1.39. The molecule has 1 rings (SSSR count). The molecule has 1 atom stereocenters. The second-order valence-corrected chi connectivity index (χ2v) is 5.00. The molecule has 5 heteroatoms. The molecule has 0 bridgehead atoms. The maximum Gasteiger partial charge on any atom is 0.247 e. The number of carbonyl (C=O) groups excluding carboxylic acids is 1. The van der Waals surface area contributed by atoms with Gasteiger partial charge in [0.1, 0.15) is 5.75 Å². The van der Waals surface area contributed by atoms with Crippen LogP contribution in [0, 0.1) is 5.92 Å². The van der Waals surface area contributed by atoms with Crippen molar-refractivity contribution in [2.75, 3.05) is 0 Å². The van der Waals surface area contributed by atoms with Gasteiger partial charge in [0.25, 0.3) is 0 Å². The normalized spacial score (nSPS) is 12.5. The highest BCUT2D eigenvalue weighted by atomic mass is 32.2. The van der Waals surface area contributed by atoms with Crippen molar-refractivity contribution in [2.45, 2.75) is 24.0 Å². The largest absolute Gasteiger partial charge is 0.508 e. The molecule has 1 unspecified atom stereocenters. The number of thioether (sulfide) groups is 1. The van der Waals surface area contributed by atoms with Gasteiger partial charge in [-0.2, -0.15) is 0 Å². The predicted octanol–water partition coefficient (Wildman–Crippen LogP) is 1.50. The Hall–Kier alpha value is -1.20. The number of phenols is 1. The van der Waals surface area contributed by atoms with Crippen LogP contribution in [0.15, 0.2) is 29.2 Å². The zero-order valence-electron chi connectivity index (χ0n) is 9.31. The fraction of sp³-hybridized carbons (Fsp3) is 0.364. The first-order valence-corrected chi connectivity index (χ1v) is 5.88. The van der Waals surface area contributed by atoms with Crippen molar-refractivity contribution in [3.63, 3.8) is 0 Å². The number of hydrazine groups is 1. The van der Waals surface area contributed by atoms with E-state index in [1.54, 1.807) is 18.2 Å². The minimum Gasteiger partial charge on any atom is -0.508 e. The molecule has 0 heterocycles. The lowest BCUT2D eigenvalue weighted by Gasteiger charge is -2.18. The molecule has 0 radical (unpaired) electrons. The lowest BCUT2D eigenvalue weighted by Crippen LogP contribution is -2.39. The van der Waals surface area contributed by atoms with Crippen molar-refractivity contribution in [3.8, 4) is 5.75 Å². The topological polar surface area (TPSA) is 75.3 Å². The van der Waals surface area contributed by atoms with Gasteiger partial charge in [-0.25, -0.2) is 5.84 Å². The minimum absolute atomic E-state index is 0.163. The lowest BCUT2D eigenvalue weighted by molar-refractivity contribution is -0.121. The van der Waals surface area contributed by atoms with Gasteiger partial charge in [0.05, 0.1) is 5.25 Å². The van der Waals surface area contributed by atoms with Gasteiger partial charge in [0.15, 0.2) is 0 Å². The summed E-state index contributed by atoms with van der Waals surface area (Å²) < 4.78 is 0. The van der Waals surface area contributed by atoms with Gasteiger partial charge >= 0.3 is 0 Å². The van der Waals surface area contributed by atoms with E-state index >= 15 is 0 Å². The number of aromatic hydroxyl groups is 1. The van der Waals surface area contributed by atoms with Crippen molar-refractivity contribution in [2.24, 2.45) is 11.8 Å². The van der Waals surface area contributed by atoms with Crippen LogP contribution in [0.4, 0.5) is 0 Å². The number of amides is 1.